The lowest BCUT2D eigenvalue weighted by atomic mass is 10.2. The average molecular weight is 300 g/mol. The molecule has 0 fully saturated rings. The lowest BCUT2D eigenvalue weighted by Crippen LogP contribution is -2.36. The molecule has 104 valence electrons. The van der Waals surface area contributed by atoms with E-state index in [1.807, 2.05) is 12.1 Å². The minimum absolute atomic E-state index is 0.627. The van der Waals surface area contributed by atoms with Crippen LogP contribution in [0.25, 0.3) is 11.0 Å². The van der Waals surface area contributed by atoms with Crippen LogP contribution in [0, 0.1) is 6.92 Å². The van der Waals surface area contributed by atoms with E-state index in [2.05, 4.69) is 29.9 Å². The maximum atomic E-state index is 6.17. The maximum Gasteiger partial charge on any atom is 0.254 e. The molecule has 1 aromatic carbocycles. The van der Waals surface area contributed by atoms with Gasteiger partial charge in [-0.15, -0.1) is 0 Å². The van der Waals surface area contributed by atoms with Gasteiger partial charge in [0.2, 0.25) is 0 Å². The van der Waals surface area contributed by atoms with E-state index in [1.54, 1.807) is 0 Å². The summed E-state index contributed by atoms with van der Waals surface area (Å²) >= 11 is 12.3. The molecule has 0 radical (unpaired) electrons. The number of aryl methyl sites for hydroxylation is 2. The quantitative estimate of drug-likeness (QED) is 0.556. The monoisotopic (exact) mass is 299 g/mol. The first-order valence-corrected chi connectivity index (χ1v) is 7.73. The highest BCUT2D eigenvalue weighted by atomic mass is 35.5. The lowest BCUT2D eigenvalue weighted by Gasteiger charge is -2.00. The minimum atomic E-state index is 0.627. The molecule has 0 unspecified atom stereocenters. The smallest absolute Gasteiger partial charge is 0.228 e. The van der Waals surface area contributed by atoms with Crippen molar-refractivity contribution in [1.29, 1.82) is 0 Å². The maximum absolute atomic E-state index is 6.17. The molecule has 0 saturated carbocycles. The number of hydrogen-bond acceptors (Lipinski definition) is 0. The Hall–Kier alpha value is -0.730. The summed E-state index contributed by atoms with van der Waals surface area (Å²) in [5.41, 5.74) is 2.36. The topological polar surface area (TPSA) is 8.81 Å². The van der Waals surface area contributed by atoms with E-state index in [1.165, 1.54) is 36.1 Å². The Morgan fingerprint density at radius 1 is 1.11 bits per heavy atom. The number of hydrogen-bond donors (Lipinski definition) is 0. The van der Waals surface area contributed by atoms with Crippen LogP contribution in [0.3, 0.4) is 0 Å². The van der Waals surface area contributed by atoms with Gasteiger partial charge in [-0.1, -0.05) is 36.5 Å². The summed E-state index contributed by atoms with van der Waals surface area (Å²) in [4.78, 5) is 0. The average Bonchev–Trinajstić information content (AvgIpc) is 2.63. The van der Waals surface area contributed by atoms with Gasteiger partial charge in [0.1, 0.15) is 0 Å². The van der Waals surface area contributed by atoms with Crippen molar-refractivity contribution in [3.05, 3.63) is 28.0 Å². The molecule has 0 aliphatic heterocycles. The van der Waals surface area contributed by atoms with E-state index in [-0.39, 0.29) is 0 Å². The molecule has 2 rings (SSSR count). The molecule has 1 aromatic heterocycles. The van der Waals surface area contributed by atoms with E-state index < -0.39 is 0 Å². The normalized spacial score (nSPS) is 11.4. The molecule has 2 nitrogen and oxygen atoms in total. The molecule has 0 spiro atoms. The first kappa shape index (κ1) is 14.7. The summed E-state index contributed by atoms with van der Waals surface area (Å²) in [7, 11) is 0. The zero-order valence-corrected chi connectivity index (χ0v) is 13.4. The first-order chi connectivity index (χ1) is 9.10. The lowest BCUT2D eigenvalue weighted by molar-refractivity contribution is -0.678. The van der Waals surface area contributed by atoms with E-state index in [0.717, 1.165) is 13.1 Å². The third-order valence-electron chi connectivity index (χ3n) is 3.68. The van der Waals surface area contributed by atoms with Crippen LogP contribution < -0.4 is 4.57 Å². The summed E-state index contributed by atoms with van der Waals surface area (Å²) in [6.45, 7) is 8.54. The SMILES string of the molecule is CCCCC[n+]1c(C)n(CC)c2cc(Cl)c(Cl)cc21. The Kier molecular flexibility index (Phi) is 4.75. The van der Waals surface area contributed by atoms with Gasteiger partial charge in [0.25, 0.3) is 5.82 Å². The molecule has 0 saturated heterocycles. The molecular weight excluding hydrogens is 279 g/mol. The fraction of sp³-hybridized carbons (Fsp3) is 0.533. The van der Waals surface area contributed by atoms with Gasteiger partial charge in [0.15, 0.2) is 11.0 Å². The number of nitrogens with zero attached hydrogens (tertiary/aromatic N) is 2. The van der Waals surface area contributed by atoms with Gasteiger partial charge >= 0.3 is 0 Å². The highest BCUT2D eigenvalue weighted by Gasteiger charge is 2.21. The van der Waals surface area contributed by atoms with Crippen molar-refractivity contribution < 1.29 is 4.57 Å². The van der Waals surface area contributed by atoms with Gasteiger partial charge in [-0.05, 0) is 19.8 Å². The molecule has 19 heavy (non-hydrogen) atoms. The fourth-order valence-corrected chi connectivity index (χ4v) is 2.97. The molecule has 2 aromatic rings. The molecule has 0 N–H and O–H groups in total. The zero-order chi connectivity index (χ0) is 14.0. The minimum Gasteiger partial charge on any atom is -0.228 e. The van der Waals surface area contributed by atoms with Crippen molar-refractivity contribution in [2.75, 3.05) is 0 Å². The number of aromatic nitrogens is 2. The Balaban J connectivity index is 2.55. The van der Waals surface area contributed by atoms with Crippen LogP contribution in [0.2, 0.25) is 10.0 Å². The van der Waals surface area contributed by atoms with Gasteiger partial charge in [-0.25, -0.2) is 9.13 Å². The van der Waals surface area contributed by atoms with Crippen molar-refractivity contribution in [3.63, 3.8) is 0 Å². The molecule has 0 aliphatic carbocycles. The van der Waals surface area contributed by atoms with Crippen LogP contribution in [0.1, 0.15) is 38.9 Å². The summed E-state index contributed by atoms with van der Waals surface area (Å²) < 4.78 is 4.65. The summed E-state index contributed by atoms with van der Waals surface area (Å²) in [5.74, 6) is 1.27. The second kappa shape index (κ2) is 6.15. The molecule has 0 aliphatic rings. The number of fused-ring (bicyclic) bond motifs is 1. The molecule has 4 heteroatoms. The standard InChI is InChI=1S/C15H21Cl2N2/c1-4-6-7-8-19-11(3)18(5-2)14-9-12(16)13(17)10-15(14)19/h9-10H,4-8H2,1-3H3/q+1. The van der Waals surface area contributed by atoms with Gasteiger partial charge < -0.3 is 0 Å². The van der Waals surface area contributed by atoms with Gasteiger partial charge in [-0.2, -0.15) is 0 Å². The highest BCUT2D eigenvalue weighted by molar-refractivity contribution is 6.42. The Morgan fingerprint density at radius 2 is 1.79 bits per heavy atom. The van der Waals surface area contributed by atoms with Gasteiger partial charge in [0.05, 0.1) is 23.1 Å². The highest BCUT2D eigenvalue weighted by Crippen LogP contribution is 2.27. The van der Waals surface area contributed by atoms with Crippen LogP contribution in [0.15, 0.2) is 12.1 Å². The molecule has 0 amide bonds. The van der Waals surface area contributed by atoms with Crippen LogP contribution >= 0.6 is 23.2 Å². The Labute approximate surface area is 124 Å². The number of rotatable bonds is 5. The van der Waals surface area contributed by atoms with E-state index in [4.69, 9.17) is 23.2 Å². The van der Waals surface area contributed by atoms with Gasteiger partial charge in [0, 0.05) is 19.1 Å². The molecule has 0 bridgehead atoms. The first-order valence-electron chi connectivity index (χ1n) is 6.97. The molecule has 0 atom stereocenters. The Morgan fingerprint density at radius 3 is 2.42 bits per heavy atom. The van der Waals surface area contributed by atoms with E-state index >= 15 is 0 Å². The molecular formula is C15H21Cl2N2+. The van der Waals surface area contributed by atoms with Crippen LogP contribution in [-0.2, 0) is 13.1 Å². The number of halogens is 2. The van der Waals surface area contributed by atoms with Crippen molar-refractivity contribution in [3.8, 4) is 0 Å². The van der Waals surface area contributed by atoms with Crippen molar-refractivity contribution >= 4 is 34.2 Å². The Bertz CT molecular complexity index is 588. The zero-order valence-electron chi connectivity index (χ0n) is 11.8. The van der Waals surface area contributed by atoms with E-state index in [9.17, 15) is 0 Å². The summed E-state index contributed by atoms with van der Waals surface area (Å²) in [6.07, 6.45) is 3.69. The number of unbranched alkanes of at least 4 members (excludes halogenated alkanes) is 2. The largest absolute Gasteiger partial charge is 0.254 e. The van der Waals surface area contributed by atoms with Crippen molar-refractivity contribution in [2.24, 2.45) is 0 Å². The van der Waals surface area contributed by atoms with Crippen LogP contribution in [-0.4, -0.2) is 4.57 Å². The van der Waals surface area contributed by atoms with Crippen LogP contribution in [0.4, 0.5) is 0 Å². The number of imidazole rings is 1. The molecule has 1 heterocycles. The fourth-order valence-electron chi connectivity index (χ4n) is 2.65. The van der Waals surface area contributed by atoms with Crippen LogP contribution in [0.5, 0.6) is 0 Å². The van der Waals surface area contributed by atoms with E-state index in [0.29, 0.717) is 10.0 Å². The summed E-state index contributed by atoms with van der Waals surface area (Å²) in [6, 6.07) is 3.97. The second-order valence-corrected chi connectivity index (χ2v) is 5.72. The second-order valence-electron chi connectivity index (χ2n) is 4.91. The predicted molar refractivity (Wildman–Crippen MR) is 82.1 cm³/mol. The van der Waals surface area contributed by atoms with Crippen molar-refractivity contribution in [1.82, 2.24) is 4.57 Å². The summed E-state index contributed by atoms with van der Waals surface area (Å²) in [5, 5.41) is 1.26. The predicted octanol–water partition coefficient (Wildman–Crippen LogP) is 4.75. The number of benzene rings is 1. The third kappa shape index (κ3) is 2.75. The third-order valence-corrected chi connectivity index (χ3v) is 4.40. The van der Waals surface area contributed by atoms with Gasteiger partial charge in [-0.3, -0.25) is 0 Å². The van der Waals surface area contributed by atoms with Crippen molar-refractivity contribution in [2.45, 2.75) is 53.1 Å².